The van der Waals surface area contributed by atoms with E-state index in [0.29, 0.717) is 19.8 Å². The third-order valence-corrected chi connectivity index (χ3v) is 5.69. The summed E-state index contributed by atoms with van der Waals surface area (Å²) < 4.78 is 38.1. The van der Waals surface area contributed by atoms with Crippen LogP contribution in [0.1, 0.15) is 0 Å². The van der Waals surface area contributed by atoms with Crippen molar-refractivity contribution in [3.8, 4) is 0 Å². The van der Waals surface area contributed by atoms with Gasteiger partial charge in [-0.3, -0.25) is 4.90 Å². The first kappa shape index (κ1) is 16.8. The molecule has 1 aromatic carbocycles. The van der Waals surface area contributed by atoms with Crippen molar-refractivity contribution in [3.05, 3.63) is 30.3 Å². The summed E-state index contributed by atoms with van der Waals surface area (Å²) in [5.74, 6) is 0. The quantitative estimate of drug-likeness (QED) is 0.745. The van der Waals surface area contributed by atoms with Crippen molar-refractivity contribution in [2.24, 2.45) is 0 Å². The number of benzene rings is 1. The molecule has 23 heavy (non-hydrogen) atoms. The van der Waals surface area contributed by atoms with Gasteiger partial charge in [-0.05, 0) is 12.1 Å². The molecule has 1 aromatic rings. The highest BCUT2D eigenvalue weighted by atomic mass is 32.2. The zero-order chi connectivity index (χ0) is 16.3. The minimum Gasteiger partial charge on any atom is -0.389 e. The van der Waals surface area contributed by atoms with E-state index in [-0.39, 0.29) is 11.5 Å². The number of aliphatic hydroxyl groups is 1. The van der Waals surface area contributed by atoms with Crippen LogP contribution < -0.4 is 4.72 Å². The molecule has 0 aliphatic carbocycles. The molecular weight excluding hydrogens is 320 g/mol. The Kier molecular flexibility index (Phi) is 5.30. The van der Waals surface area contributed by atoms with E-state index < -0.39 is 28.3 Å². The van der Waals surface area contributed by atoms with Crippen LogP contribution in [0.2, 0.25) is 0 Å². The van der Waals surface area contributed by atoms with E-state index in [2.05, 4.69) is 9.62 Å². The topological polar surface area (TPSA) is 88.1 Å². The Morgan fingerprint density at radius 3 is 2.61 bits per heavy atom. The Bertz CT molecular complexity index is 604. The Labute approximate surface area is 136 Å². The number of ether oxygens (including phenoxy) is 2. The highest BCUT2D eigenvalue weighted by Gasteiger charge is 2.39. The fourth-order valence-corrected chi connectivity index (χ4v) is 4.11. The maximum absolute atomic E-state index is 12.3. The number of hydrogen-bond acceptors (Lipinski definition) is 6. The van der Waals surface area contributed by atoms with Crippen LogP contribution in [0.15, 0.2) is 35.2 Å². The molecule has 3 rings (SSSR count). The highest BCUT2D eigenvalue weighted by molar-refractivity contribution is 7.89. The van der Waals surface area contributed by atoms with Gasteiger partial charge in [0.15, 0.2) is 0 Å². The van der Waals surface area contributed by atoms with Crippen LogP contribution in [0.5, 0.6) is 0 Å². The van der Waals surface area contributed by atoms with Crippen molar-refractivity contribution in [2.75, 3.05) is 39.5 Å². The number of sulfonamides is 1. The average Bonchev–Trinajstić information content (AvgIpc) is 2.89. The molecule has 0 radical (unpaired) electrons. The summed E-state index contributed by atoms with van der Waals surface area (Å²) in [6, 6.07) is 7.50. The van der Waals surface area contributed by atoms with Crippen LogP contribution in [0.25, 0.3) is 0 Å². The Morgan fingerprint density at radius 2 is 1.91 bits per heavy atom. The maximum Gasteiger partial charge on any atom is 0.240 e. The van der Waals surface area contributed by atoms with Crippen LogP contribution in [0, 0.1) is 0 Å². The van der Waals surface area contributed by atoms with Crippen molar-refractivity contribution < 1.29 is 23.0 Å². The van der Waals surface area contributed by atoms with Gasteiger partial charge in [0.05, 0.1) is 43.0 Å². The first-order valence-electron chi connectivity index (χ1n) is 7.73. The molecule has 2 aliphatic heterocycles. The van der Waals surface area contributed by atoms with Gasteiger partial charge in [-0.15, -0.1) is 0 Å². The van der Waals surface area contributed by atoms with Gasteiger partial charge in [-0.25, -0.2) is 13.1 Å². The van der Waals surface area contributed by atoms with E-state index in [1.54, 1.807) is 18.2 Å². The van der Waals surface area contributed by atoms with Gasteiger partial charge < -0.3 is 14.6 Å². The second-order valence-electron chi connectivity index (χ2n) is 5.82. The van der Waals surface area contributed by atoms with Crippen molar-refractivity contribution in [2.45, 2.75) is 23.1 Å². The van der Waals surface area contributed by atoms with Gasteiger partial charge in [0.2, 0.25) is 10.0 Å². The molecule has 0 spiro atoms. The first-order valence-corrected chi connectivity index (χ1v) is 9.22. The molecule has 2 heterocycles. The zero-order valence-corrected chi connectivity index (χ0v) is 13.6. The summed E-state index contributed by atoms with van der Waals surface area (Å²) in [5.41, 5.74) is 0. The standard InChI is InChI=1S/C15H22N2O5S/c18-15-13(16-23(19,20)12-4-2-1-3-5-12)11-22-14(15)10-17-6-8-21-9-7-17/h1-5,13-16,18H,6-11H2/t13-,14-,15+/m0/s1. The molecule has 2 fully saturated rings. The fourth-order valence-electron chi connectivity index (χ4n) is 2.85. The number of morpholine rings is 1. The summed E-state index contributed by atoms with van der Waals surface area (Å²) in [7, 11) is -3.66. The van der Waals surface area contributed by atoms with E-state index >= 15 is 0 Å². The SMILES string of the molecule is O=S(=O)(N[C@H]1CO[C@@H](CN2CCOCC2)[C@@H]1O)c1ccccc1. The molecule has 2 saturated heterocycles. The summed E-state index contributed by atoms with van der Waals surface area (Å²) in [4.78, 5) is 2.34. The molecule has 2 aliphatic rings. The zero-order valence-electron chi connectivity index (χ0n) is 12.8. The normalized spacial score (nSPS) is 29.7. The van der Waals surface area contributed by atoms with Crippen LogP contribution in [0.4, 0.5) is 0 Å². The van der Waals surface area contributed by atoms with Gasteiger partial charge in [0.1, 0.15) is 0 Å². The predicted octanol–water partition coefficient (Wildman–Crippen LogP) is -0.575. The smallest absolute Gasteiger partial charge is 0.240 e. The maximum atomic E-state index is 12.3. The lowest BCUT2D eigenvalue weighted by Gasteiger charge is -2.29. The Morgan fingerprint density at radius 1 is 1.22 bits per heavy atom. The van der Waals surface area contributed by atoms with E-state index in [1.165, 1.54) is 12.1 Å². The highest BCUT2D eigenvalue weighted by Crippen LogP contribution is 2.19. The molecule has 0 unspecified atom stereocenters. The van der Waals surface area contributed by atoms with E-state index in [1.807, 2.05) is 0 Å². The van der Waals surface area contributed by atoms with Crippen LogP contribution >= 0.6 is 0 Å². The van der Waals surface area contributed by atoms with E-state index in [0.717, 1.165) is 13.1 Å². The number of rotatable bonds is 5. The molecule has 3 atom stereocenters. The van der Waals surface area contributed by atoms with Gasteiger partial charge >= 0.3 is 0 Å². The molecule has 2 N–H and O–H groups in total. The molecule has 7 nitrogen and oxygen atoms in total. The monoisotopic (exact) mass is 342 g/mol. The number of nitrogens with zero attached hydrogens (tertiary/aromatic N) is 1. The average molecular weight is 342 g/mol. The molecule has 8 heteroatoms. The largest absolute Gasteiger partial charge is 0.389 e. The molecule has 0 amide bonds. The summed E-state index contributed by atoms with van der Waals surface area (Å²) >= 11 is 0. The predicted molar refractivity (Wildman–Crippen MR) is 83.6 cm³/mol. The molecule has 0 aromatic heterocycles. The third kappa shape index (κ3) is 4.09. The molecule has 0 saturated carbocycles. The van der Waals surface area contributed by atoms with Crippen LogP contribution in [-0.4, -0.2) is 76.1 Å². The van der Waals surface area contributed by atoms with Crippen molar-refractivity contribution in [1.82, 2.24) is 9.62 Å². The summed E-state index contributed by atoms with van der Waals surface area (Å²) in [5, 5.41) is 10.4. The van der Waals surface area contributed by atoms with Crippen LogP contribution in [-0.2, 0) is 19.5 Å². The fraction of sp³-hybridized carbons (Fsp3) is 0.600. The van der Waals surface area contributed by atoms with Gasteiger partial charge in [-0.1, -0.05) is 18.2 Å². The van der Waals surface area contributed by atoms with Gasteiger partial charge in [0.25, 0.3) is 0 Å². The second-order valence-corrected chi connectivity index (χ2v) is 7.53. The van der Waals surface area contributed by atoms with Crippen LogP contribution in [0.3, 0.4) is 0 Å². The van der Waals surface area contributed by atoms with Gasteiger partial charge in [-0.2, -0.15) is 0 Å². The third-order valence-electron chi connectivity index (χ3n) is 4.18. The van der Waals surface area contributed by atoms with Gasteiger partial charge in [0, 0.05) is 19.6 Å². The lowest BCUT2D eigenvalue weighted by atomic mass is 10.1. The van der Waals surface area contributed by atoms with Crippen molar-refractivity contribution >= 4 is 10.0 Å². The van der Waals surface area contributed by atoms with E-state index in [9.17, 15) is 13.5 Å². The number of hydrogen-bond donors (Lipinski definition) is 2. The van der Waals surface area contributed by atoms with E-state index in [4.69, 9.17) is 9.47 Å². The second kappa shape index (κ2) is 7.25. The Balaban J connectivity index is 1.59. The van der Waals surface area contributed by atoms with Crippen molar-refractivity contribution in [1.29, 1.82) is 0 Å². The molecular formula is C15H22N2O5S. The first-order chi connectivity index (χ1) is 11.1. The minimum absolute atomic E-state index is 0.169. The number of aliphatic hydroxyl groups excluding tert-OH is 1. The molecule has 0 bridgehead atoms. The van der Waals surface area contributed by atoms with Crippen molar-refractivity contribution in [3.63, 3.8) is 0 Å². The lowest BCUT2D eigenvalue weighted by Crippen LogP contribution is -2.48. The lowest BCUT2D eigenvalue weighted by molar-refractivity contribution is -0.0179. The summed E-state index contributed by atoms with van der Waals surface area (Å²) in [6.45, 7) is 3.69. The minimum atomic E-state index is -3.66. The number of nitrogens with one attached hydrogen (secondary N) is 1. The summed E-state index contributed by atoms with van der Waals surface area (Å²) in [6.07, 6.45) is -1.26. The molecule has 128 valence electrons. The Hall–Kier alpha value is -1.03.